The van der Waals surface area contributed by atoms with Gasteiger partial charge in [-0.1, -0.05) is 27.7 Å². The monoisotopic (exact) mass is 1140 g/mol. The van der Waals surface area contributed by atoms with Crippen LogP contribution in [0.4, 0.5) is 0 Å². The van der Waals surface area contributed by atoms with Crippen molar-refractivity contribution in [3.63, 3.8) is 0 Å². The Morgan fingerprint density at radius 1 is 0.899 bits per heavy atom. The van der Waals surface area contributed by atoms with Gasteiger partial charge in [0.1, 0.15) is 41.0 Å². The van der Waals surface area contributed by atoms with Gasteiger partial charge in [-0.05, 0) is 106 Å². The summed E-state index contributed by atoms with van der Waals surface area (Å²) in [6.07, 6.45) is -8.91. The zero-order chi connectivity index (χ0) is 59.3. The summed E-state index contributed by atoms with van der Waals surface area (Å²) in [6.45, 7) is 17.1. The zero-order valence-electron chi connectivity index (χ0n) is 49.0. The van der Waals surface area contributed by atoms with Crippen molar-refractivity contribution in [2.45, 2.75) is 186 Å². The van der Waals surface area contributed by atoms with Crippen LogP contribution in [0.5, 0.6) is 5.75 Å². The Labute approximate surface area is 465 Å². The van der Waals surface area contributed by atoms with E-state index >= 15 is 0 Å². The van der Waals surface area contributed by atoms with E-state index in [1.165, 1.54) is 40.3 Å². The second-order valence-corrected chi connectivity index (χ2v) is 24.7. The van der Waals surface area contributed by atoms with Crippen molar-refractivity contribution in [1.82, 2.24) is 14.9 Å². The predicted octanol–water partition coefficient (Wildman–Crippen LogP) is 3.06. The minimum atomic E-state index is -4.22. The molecular formula is C55H90N4O19S. The van der Waals surface area contributed by atoms with Gasteiger partial charge < -0.3 is 73.5 Å². The first-order chi connectivity index (χ1) is 36.8. The van der Waals surface area contributed by atoms with Crippen LogP contribution in [0.1, 0.15) is 112 Å². The topological polar surface area (TPSA) is 290 Å². The van der Waals surface area contributed by atoms with Gasteiger partial charge in [-0.15, -0.1) is 0 Å². The molecule has 18 atom stereocenters. The molecular weight excluding hydrogens is 1050 g/mol. The third-order valence-corrected chi connectivity index (χ3v) is 17.6. The van der Waals surface area contributed by atoms with Gasteiger partial charge in [0.15, 0.2) is 12.6 Å². The van der Waals surface area contributed by atoms with E-state index < -0.39 is 129 Å². The number of ether oxygens (including phenoxy) is 8. The molecule has 79 heavy (non-hydrogen) atoms. The smallest absolute Gasteiger partial charge is 0.341 e. The summed E-state index contributed by atoms with van der Waals surface area (Å²) in [4.78, 5) is 55.5. The number of likely N-dealkylation sites (N-methyl/N-ethyl adjacent to an activating group) is 1. The molecule has 450 valence electrons. The number of carbonyl (C=O) groups excluding carboxylic acids is 2. The number of ketones is 1. The molecule has 0 bridgehead atoms. The van der Waals surface area contributed by atoms with Crippen LogP contribution in [0.2, 0.25) is 0 Å². The van der Waals surface area contributed by atoms with Crippen LogP contribution in [0, 0.1) is 23.7 Å². The zero-order valence-corrected chi connectivity index (χ0v) is 49.8. The lowest BCUT2D eigenvalue weighted by molar-refractivity contribution is -0.317. The first kappa shape index (κ1) is 65.9. The van der Waals surface area contributed by atoms with Gasteiger partial charge in [-0.3, -0.25) is 23.2 Å². The Kier molecular flexibility index (Phi) is 22.5. The lowest BCUT2D eigenvalue weighted by Gasteiger charge is -2.50. The van der Waals surface area contributed by atoms with E-state index in [0.29, 0.717) is 30.7 Å². The molecule has 0 radical (unpaired) electrons. The molecule has 0 unspecified atom stereocenters. The van der Waals surface area contributed by atoms with Gasteiger partial charge in [-0.25, -0.2) is 4.79 Å². The minimum absolute atomic E-state index is 0.0197. The van der Waals surface area contributed by atoms with Crippen LogP contribution in [-0.4, -0.2) is 208 Å². The molecule has 0 spiro atoms. The fraction of sp³-hybridized carbons (Fsp3) is 0.782. The van der Waals surface area contributed by atoms with Crippen molar-refractivity contribution < 1.29 is 85.3 Å². The first-order valence-corrected chi connectivity index (χ1v) is 28.9. The van der Waals surface area contributed by atoms with Crippen LogP contribution in [-0.2, 0) is 57.0 Å². The number of Topliss-reactive ketones (excluding diaryl/α,β-unsaturated/α-hetero) is 1. The molecule has 3 aliphatic heterocycles. The SMILES string of the molecule is CC[C@H]1OC(=O)[C@H](C)[C@@H](O[C@H]2C[C@@](C)(OC)[C@@H](OS(=O)(=O)CCNCCCOc3ccc4c(c3)c(=O)c(C(=O)O)cn4N(C)C)[C@H](C)O2)[C@H](C)[C@@H](O[C@@H]2O[C@H](C)C[C@H](N(C)C)[C@H]2O)[C@](C)(OC)C[C@@H](C)C(=O)[C@H](C)[C@@H](O)[C@]1(C)O. The molecule has 1 aromatic carbocycles. The van der Waals surface area contributed by atoms with Gasteiger partial charge >= 0.3 is 11.9 Å². The number of cyclic esters (lactones) is 1. The Hall–Kier alpha value is -3.89. The second-order valence-electron chi connectivity index (χ2n) is 23.0. The molecule has 3 fully saturated rings. The number of aliphatic hydroxyl groups excluding tert-OH is 2. The highest BCUT2D eigenvalue weighted by Gasteiger charge is 2.55. The van der Waals surface area contributed by atoms with E-state index in [0.717, 1.165) is 0 Å². The fourth-order valence-electron chi connectivity index (χ4n) is 11.5. The Balaban J connectivity index is 1.34. The van der Waals surface area contributed by atoms with Crippen molar-refractivity contribution in [2.24, 2.45) is 23.7 Å². The number of aliphatic hydroxyl groups is 3. The molecule has 5 N–H and O–H groups in total. The van der Waals surface area contributed by atoms with E-state index in [1.54, 1.807) is 84.4 Å². The largest absolute Gasteiger partial charge is 0.494 e. The highest BCUT2D eigenvalue weighted by atomic mass is 32.2. The number of rotatable bonds is 20. The number of hydrogen-bond acceptors (Lipinski definition) is 21. The molecule has 24 heteroatoms. The Morgan fingerprint density at radius 3 is 2.14 bits per heavy atom. The maximum atomic E-state index is 14.6. The number of aromatic carboxylic acids is 1. The normalized spacial score (nSPS) is 36.4. The van der Waals surface area contributed by atoms with Crippen molar-refractivity contribution in [3.05, 3.63) is 40.2 Å². The summed E-state index contributed by atoms with van der Waals surface area (Å²) in [7, 11) is 5.79. The predicted molar refractivity (Wildman–Crippen MR) is 292 cm³/mol. The summed E-state index contributed by atoms with van der Waals surface area (Å²) in [5.41, 5.74) is -5.29. The first-order valence-electron chi connectivity index (χ1n) is 27.3. The van der Waals surface area contributed by atoms with Crippen molar-refractivity contribution >= 4 is 38.7 Å². The summed E-state index contributed by atoms with van der Waals surface area (Å²) >= 11 is 0. The summed E-state index contributed by atoms with van der Waals surface area (Å²) in [5, 5.41) is 49.8. The van der Waals surface area contributed by atoms with E-state index in [9.17, 15) is 48.0 Å². The van der Waals surface area contributed by atoms with Gasteiger partial charge in [-0.2, -0.15) is 8.42 Å². The summed E-state index contributed by atoms with van der Waals surface area (Å²) < 4.78 is 85.5. The molecule has 3 aliphatic rings. The molecule has 1 aromatic heterocycles. The van der Waals surface area contributed by atoms with E-state index in [1.807, 2.05) is 25.9 Å². The number of fused-ring (bicyclic) bond motifs is 1. The van der Waals surface area contributed by atoms with Crippen molar-refractivity contribution in [1.29, 1.82) is 0 Å². The number of carbonyl (C=O) groups is 3. The number of nitrogens with one attached hydrogen (secondary N) is 1. The van der Waals surface area contributed by atoms with Gasteiger partial charge in [0.2, 0.25) is 5.43 Å². The van der Waals surface area contributed by atoms with Gasteiger partial charge in [0, 0.05) is 71.3 Å². The number of carboxylic acids is 1. The standard InChI is InChI=1S/C55H90N4O19S/c1-17-41-55(10,67)47(63)32(4)43(60)30(2)27-53(8,70-15)48(77-52-45(62)40(57(11)12)25-31(3)73-52)33(5)46(34(6)51(66)75-41)76-42-28-54(9,71-16)49(35(7)74-42)78-79(68,69)24-22-56-21-18-23-72-36-19-20-39-37(26-36)44(61)38(50(64)65)29-59(39)58(13)14/h19-20,26,29-35,40-42,45-49,52,56,62-63,67H,17-18,21-25,27-28H2,1-16H3,(H,64,65)/t30-,31-,32+,33+,34-,35+,40+,41-,42+,45-,46+,47-,48-,49+,52+,53-,54-,55-/m1/s1. The van der Waals surface area contributed by atoms with Crippen LogP contribution in [0.3, 0.4) is 0 Å². The number of benzene rings is 1. The van der Waals surface area contributed by atoms with Crippen LogP contribution >= 0.6 is 0 Å². The molecule has 3 saturated heterocycles. The molecule has 2 aromatic rings. The van der Waals surface area contributed by atoms with Crippen LogP contribution < -0.4 is 20.5 Å². The summed E-state index contributed by atoms with van der Waals surface area (Å²) in [5.74, 6) is -6.46. The number of pyridine rings is 1. The van der Waals surface area contributed by atoms with Crippen LogP contribution in [0.15, 0.2) is 29.2 Å². The van der Waals surface area contributed by atoms with E-state index in [-0.39, 0.29) is 61.3 Å². The van der Waals surface area contributed by atoms with Gasteiger partial charge in [0.25, 0.3) is 10.1 Å². The third kappa shape index (κ3) is 15.2. The Morgan fingerprint density at radius 2 is 1.54 bits per heavy atom. The highest BCUT2D eigenvalue weighted by molar-refractivity contribution is 7.86. The fourth-order valence-corrected chi connectivity index (χ4v) is 12.7. The van der Waals surface area contributed by atoms with Crippen LogP contribution in [0.25, 0.3) is 10.9 Å². The number of esters is 1. The lowest BCUT2D eigenvalue weighted by Crippen LogP contribution is -2.62. The molecule has 0 aliphatic carbocycles. The van der Waals surface area contributed by atoms with Crippen molar-refractivity contribution in [3.8, 4) is 5.75 Å². The molecule has 0 amide bonds. The second kappa shape index (κ2) is 27.0. The average Bonchev–Trinajstić information content (AvgIpc) is 3.45. The molecule has 23 nitrogen and oxygen atoms in total. The highest BCUT2D eigenvalue weighted by Crippen LogP contribution is 2.42. The number of hydrogen-bond donors (Lipinski definition) is 5. The Bertz CT molecular complexity index is 2570. The number of methoxy groups -OCH3 is 2. The van der Waals surface area contributed by atoms with Gasteiger partial charge in [0.05, 0.1) is 70.9 Å². The molecule has 0 saturated carbocycles. The average molecular weight is 1140 g/mol. The maximum absolute atomic E-state index is 14.6. The third-order valence-electron chi connectivity index (χ3n) is 16.4. The molecule has 4 heterocycles. The minimum Gasteiger partial charge on any atom is -0.494 e. The molecule has 5 rings (SSSR count). The lowest BCUT2D eigenvalue weighted by atomic mass is 9.74. The van der Waals surface area contributed by atoms with E-state index in [4.69, 9.17) is 42.1 Å². The number of nitrogens with zero attached hydrogens (tertiary/aromatic N) is 3. The van der Waals surface area contributed by atoms with Crippen molar-refractivity contribution in [2.75, 3.05) is 72.9 Å². The maximum Gasteiger partial charge on any atom is 0.341 e. The number of aromatic nitrogens is 1. The van der Waals surface area contributed by atoms with E-state index in [2.05, 4.69) is 5.32 Å². The summed E-state index contributed by atoms with van der Waals surface area (Å²) in [6, 6.07) is 4.48. The quantitative estimate of drug-likeness (QED) is 0.0723. The number of carboxylic acid groups (broad SMARTS) is 1.